The zero-order chi connectivity index (χ0) is 17.6. The van der Waals surface area contributed by atoms with Gasteiger partial charge in [0.2, 0.25) is 0 Å². The Labute approximate surface area is 156 Å². The van der Waals surface area contributed by atoms with E-state index in [0.717, 1.165) is 5.33 Å². The van der Waals surface area contributed by atoms with Crippen LogP contribution in [0.2, 0.25) is 5.04 Å². The summed E-state index contributed by atoms with van der Waals surface area (Å²) in [5.41, 5.74) is 1.28. The summed E-state index contributed by atoms with van der Waals surface area (Å²) in [5, 5.41) is 3.53. The van der Waals surface area contributed by atoms with Gasteiger partial charge >= 0.3 is 0 Å². The molecule has 0 heterocycles. The molecule has 0 saturated heterocycles. The molecular formula is C21H27BrOSi. The van der Waals surface area contributed by atoms with Gasteiger partial charge in [0.25, 0.3) is 8.32 Å². The van der Waals surface area contributed by atoms with E-state index in [-0.39, 0.29) is 5.04 Å². The highest BCUT2D eigenvalue weighted by Crippen LogP contribution is 2.37. The molecule has 0 spiro atoms. The average Bonchev–Trinajstić information content (AvgIpc) is 2.59. The van der Waals surface area contributed by atoms with Crippen molar-refractivity contribution in [3.63, 3.8) is 0 Å². The monoisotopic (exact) mass is 402 g/mol. The van der Waals surface area contributed by atoms with Gasteiger partial charge in [0.05, 0.1) is 6.61 Å². The minimum absolute atomic E-state index is 0.0286. The van der Waals surface area contributed by atoms with Crippen molar-refractivity contribution in [3.8, 4) is 0 Å². The number of hydrogen-bond donors (Lipinski definition) is 0. The summed E-state index contributed by atoms with van der Waals surface area (Å²) in [6.45, 7) is 9.66. The van der Waals surface area contributed by atoms with Gasteiger partial charge in [-0.05, 0) is 27.9 Å². The van der Waals surface area contributed by atoms with E-state index in [1.54, 1.807) is 0 Å². The smallest absolute Gasteiger partial charge is 0.261 e. The van der Waals surface area contributed by atoms with E-state index in [4.69, 9.17) is 4.43 Å². The van der Waals surface area contributed by atoms with E-state index < -0.39 is 8.32 Å². The van der Waals surface area contributed by atoms with Crippen LogP contribution in [0.5, 0.6) is 0 Å². The normalized spacial score (nSPS) is 13.1. The lowest BCUT2D eigenvalue weighted by atomic mass is 10.2. The van der Waals surface area contributed by atoms with E-state index >= 15 is 0 Å². The number of alkyl halides is 1. The van der Waals surface area contributed by atoms with Crippen molar-refractivity contribution >= 4 is 34.6 Å². The largest absolute Gasteiger partial charge is 0.403 e. The van der Waals surface area contributed by atoms with Crippen LogP contribution in [-0.4, -0.2) is 20.3 Å². The zero-order valence-corrected chi connectivity index (χ0v) is 17.6. The van der Waals surface area contributed by atoms with Gasteiger partial charge in [-0.25, -0.2) is 0 Å². The Kier molecular flexibility index (Phi) is 6.61. The molecular weight excluding hydrogens is 376 g/mol. The molecule has 0 atom stereocenters. The van der Waals surface area contributed by atoms with Gasteiger partial charge in [-0.1, -0.05) is 103 Å². The van der Waals surface area contributed by atoms with Crippen molar-refractivity contribution in [2.24, 2.45) is 0 Å². The molecule has 3 heteroatoms. The maximum Gasteiger partial charge on any atom is 0.261 e. The Morgan fingerprint density at radius 2 is 1.42 bits per heavy atom. The van der Waals surface area contributed by atoms with E-state index in [1.165, 1.54) is 15.9 Å². The Hall–Kier alpha value is -1.16. The van der Waals surface area contributed by atoms with Crippen molar-refractivity contribution in [3.05, 3.63) is 72.3 Å². The van der Waals surface area contributed by atoms with Gasteiger partial charge < -0.3 is 4.43 Å². The lowest BCUT2D eigenvalue weighted by molar-refractivity contribution is 0.330. The lowest BCUT2D eigenvalue weighted by Gasteiger charge is -2.43. The molecule has 0 fully saturated rings. The van der Waals surface area contributed by atoms with E-state index in [0.29, 0.717) is 6.61 Å². The number of halogens is 1. The third-order valence-electron chi connectivity index (χ3n) is 4.47. The van der Waals surface area contributed by atoms with E-state index in [2.05, 4.69) is 110 Å². The van der Waals surface area contributed by atoms with Crippen LogP contribution in [0.25, 0.3) is 0 Å². The molecule has 2 aromatic rings. The molecule has 0 bridgehead atoms. The number of hydrogen-bond acceptors (Lipinski definition) is 1. The minimum Gasteiger partial charge on any atom is -0.403 e. The minimum atomic E-state index is -2.41. The molecule has 128 valence electrons. The van der Waals surface area contributed by atoms with Gasteiger partial charge in [-0.3, -0.25) is 0 Å². The first-order valence-corrected chi connectivity index (χ1v) is 11.4. The van der Waals surface area contributed by atoms with Crippen LogP contribution in [-0.2, 0) is 4.43 Å². The third kappa shape index (κ3) is 3.90. The SMILES string of the molecule is CC=C(CBr)CO[Si](c1ccccc1)(c1ccccc1)C(C)(C)C. The van der Waals surface area contributed by atoms with Gasteiger partial charge in [0.1, 0.15) is 0 Å². The maximum atomic E-state index is 6.85. The fourth-order valence-electron chi connectivity index (χ4n) is 3.16. The standard InChI is InChI=1S/C21H27BrOSi/c1-5-18(16-22)17-23-24(21(2,3)4,19-12-8-6-9-13-19)20-14-10-7-11-15-20/h5-15H,16-17H2,1-4H3. The molecule has 0 radical (unpaired) electrons. The molecule has 0 amide bonds. The molecule has 0 aliphatic heterocycles. The van der Waals surface area contributed by atoms with Crippen LogP contribution in [0.15, 0.2) is 72.3 Å². The van der Waals surface area contributed by atoms with E-state index in [9.17, 15) is 0 Å². The maximum absolute atomic E-state index is 6.85. The highest BCUT2D eigenvalue weighted by Gasteiger charge is 2.50. The second-order valence-electron chi connectivity index (χ2n) is 7.03. The molecule has 1 nitrogen and oxygen atoms in total. The van der Waals surface area contributed by atoms with Crippen molar-refractivity contribution in [1.82, 2.24) is 0 Å². The van der Waals surface area contributed by atoms with Crippen LogP contribution in [0, 0.1) is 0 Å². The van der Waals surface area contributed by atoms with Gasteiger partial charge in [-0.15, -0.1) is 0 Å². The van der Waals surface area contributed by atoms with Crippen LogP contribution in [0.3, 0.4) is 0 Å². The van der Waals surface area contributed by atoms with Crippen molar-refractivity contribution in [2.75, 3.05) is 11.9 Å². The summed E-state index contributed by atoms with van der Waals surface area (Å²) < 4.78 is 6.85. The third-order valence-corrected chi connectivity index (χ3v) is 10.2. The Balaban J connectivity index is 2.61. The summed E-state index contributed by atoms with van der Waals surface area (Å²) in [4.78, 5) is 0. The van der Waals surface area contributed by atoms with Crippen molar-refractivity contribution in [2.45, 2.75) is 32.7 Å². The van der Waals surface area contributed by atoms with Crippen LogP contribution < -0.4 is 10.4 Å². The fourth-order valence-corrected chi connectivity index (χ4v) is 8.20. The highest BCUT2D eigenvalue weighted by atomic mass is 79.9. The van der Waals surface area contributed by atoms with Crippen LogP contribution in [0.1, 0.15) is 27.7 Å². The first-order valence-electron chi connectivity index (χ1n) is 8.40. The topological polar surface area (TPSA) is 9.23 Å². The molecule has 0 aromatic heterocycles. The summed E-state index contributed by atoms with van der Waals surface area (Å²) >= 11 is 3.57. The summed E-state index contributed by atoms with van der Waals surface area (Å²) in [6.07, 6.45) is 2.15. The summed E-state index contributed by atoms with van der Waals surface area (Å²) in [5.74, 6) is 0. The molecule has 2 aromatic carbocycles. The van der Waals surface area contributed by atoms with Gasteiger partial charge in [0.15, 0.2) is 0 Å². The Bertz CT molecular complexity index is 620. The van der Waals surface area contributed by atoms with Crippen molar-refractivity contribution in [1.29, 1.82) is 0 Å². The number of allylic oxidation sites excluding steroid dienone is 1. The predicted molar refractivity (Wildman–Crippen MR) is 111 cm³/mol. The Morgan fingerprint density at radius 1 is 0.958 bits per heavy atom. The molecule has 24 heavy (non-hydrogen) atoms. The molecule has 2 rings (SSSR count). The van der Waals surface area contributed by atoms with Crippen LogP contribution >= 0.6 is 15.9 Å². The first kappa shape index (κ1) is 19.2. The van der Waals surface area contributed by atoms with Gasteiger partial charge in [-0.2, -0.15) is 0 Å². The molecule has 0 aliphatic rings. The quantitative estimate of drug-likeness (QED) is 0.379. The summed E-state index contributed by atoms with van der Waals surface area (Å²) in [6, 6.07) is 21.6. The number of rotatable bonds is 6. The highest BCUT2D eigenvalue weighted by molar-refractivity contribution is 9.09. The van der Waals surface area contributed by atoms with Gasteiger partial charge in [0, 0.05) is 5.33 Å². The molecule has 0 aliphatic carbocycles. The van der Waals surface area contributed by atoms with E-state index in [1.807, 2.05) is 0 Å². The zero-order valence-electron chi connectivity index (χ0n) is 15.1. The predicted octanol–water partition coefficient (Wildman–Crippen LogP) is 4.90. The van der Waals surface area contributed by atoms with Crippen molar-refractivity contribution < 1.29 is 4.43 Å². The summed E-state index contributed by atoms with van der Waals surface area (Å²) in [7, 11) is -2.41. The molecule has 0 N–H and O–H groups in total. The molecule has 0 unspecified atom stereocenters. The second-order valence-corrected chi connectivity index (χ2v) is 11.9. The fraction of sp³-hybridized carbons (Fsp3) is 0.333. The van der Waals surface area contributed by atoms with Crippen LogP contribution in [0.4, 0.5) is 0 Å². The lowest BCUT2D eigenvalue weighted by Crippen LogP contribution is -2.66. The Morgan fingerprint density at radius 3 is 1.75 bits per heavy atom. The average molecular weight is 403 g/mol. The molecule has 0 saturated carbocycles. The first-order chi connectivity index (χ1) is 11.5. The second kappa shape index (κ2) is 8.28. The number of benzene rings is 2.